The van der Waals surface area contributed by atoms with Crippen LogP contribution >= 0.6 is 0 Å². The number of methoxy groups -OCH3 is 1. The number of rotatable bonds is 6. The van der Waals surface area contributed by atoms with Crippen molar-refractivity contribution < 1.29 is 17.9 Å². The zero-order valence-electron chi connectivity index (χ0n) is 15.6. The molecule has 2 aromatic rings. The Balaban J connectivity index is 2.38. The van der Waals surface area contributed by atoms with E-state index in [0.29, 0.717) is 17.1 Å². The third-order valence-electron chi connectivity index (χ3n) is 3.91. The standard InChI is InChI=1S/C19H24N2O4S/c1-13-10-14(2)12-16(11-13)21(26(5,23)24)15(3)19(22)20-17-8-6-7-9-18(17)25-4/h6-12,15H,1-5H3,(H,20,22)/t15-/m1/s1. The number of nitrogens with one attached hydrogen (secondary N) is 1. The minimum atomic E-state index is -3.66. The lowest BCUT2D eigenvalue weighted by atomic mass is 10.1. The number of amides is 1. The van der Waals surface area contributed by atoms with Gasteiger partial charge in [0.15, 0.2) is 0 Å². The molecule has 0 spiro atoms. The summed E-state index contributed by atoms with van der Waals surface area (Å²) in [7, 11) is -2.16. The first kappa shape index (κ1) is 19.8. The first-order chi connectivity index (χ1) is 12.1. The molecule has 0 fully saturated rings. The van der Waals surface area contributed by atoms with Crippen LogP contribution in [0.1, 0.15) is 18.1 Å². The molecule has 0 saturated heterocycles. The van der Waals surface area contributed by atoms with Gasteiger partial charge in [0, 0.05) is 0 Å². The lowest BCUT2D eigenvalue weighted by Crippen LogP contribution is -2.45. The van der Waals surface area contributed by atoms with Gasteiger partial charge in [-0.15, -0.1) is 0 Å². The number of para-hydroxylation sites is 2. The van der Waals surface area contributed by atoms with Crippen molar-refractivity contribution in [1.29, 1.82) is 0 Å². The molecule has 0 heterocycles. The van der Waals surface area contributed by atoms with Crippen LogP contribution in [-0.2, 0) is 14.8 Å². The molecule has 0 radical (unpaired) electrons. The number of ether oxygens (including phenoxy) is 1. The van der Waals surface area contributed by atoms with Gasteiger partial charge in [-0.3, -0.25) is 9.10 Å². The molecule has 0 bridgehead atoms. The summed E-state index contributed by atoms with van der Waals surface area (Å²) in [4.78, 5) is 12.7. The molecule has 0 aromatic heterocycles. The predicted molar refractivity (Wildman–Crippen MR) is 104 cm³/mol. The minimum Gasteiger partial charge on any atom is -0.495 e. The summed E-state index contributed by atoms with van der Waals surface area (Å²) in [6.45, 7) is 5.33. The number of hydrogen-bond acceptors (Lipinski definition) is 4. The maximum Gasteiger partial charge on any atom is 0.248 e. The number of carbonyl (C=O) groups excluding carboxylic acids is 1. The van der Waals surface area contributed by atoms with Gasteiger partial charge in [0.2, 0.25) is 15.9 Å². The fourth-order valence-electron chi connectivity index (χ4n) is 2.87. The molecular weight excluding hydrogens is 352 g/mol. The van der Waals surface area contributed by atoms with E-state index in [2.05, 4.69) is 5.32 Å². The smallest absolute Gasteiger partial charge is 0.248 e. The van der Waals surface area contributed by atoms with Gasteiger partial charge >= 0.3 is 0 Å². The first-order valence-corrected chi connectivity index (χ1v) is 10.00. The molecule has 6 nitrogen and oxygen atoms in total. The van der Waals surface area contributed by atoms with Crippen molar-refractivity contribution in [2.45, 2.75) is 26.8 Å². The summed E-state index contributed by atoms with van der Waals surface area (Å²) < 4.78 is 31.2. The van der Waals surface area contributed by atoms with Crippen molar-refractivity contribution in [2.75, 3.05) is 23.0 Å². The summed E-state index contributed by atoms with van der Waals surface area (Å²) >= 11 is 0. The van der Waals surface area contributed by atoms with Crippen LogP contribution in [-0.4, -0.2) is 33.7 Å². The summed E-state index contributed by atoms with van der Waals surface area (Å²) in [5.74, 6) is 0.0597. The fraction of sp³-hybridized carbons (Fsp3) is 0.316. The van der Waals surface area contributed by atoms with Crippen LogP contribution < -0.4 is 14.4 Å². The molecule has 26 heavy (non-hydrogen) atoms. The van der Waals surface area contributed by atoms with Gasteiger partial charge < -0.3 is 10.1 Å². The van der Waals surface area contributed by atoms with E-state index >= 15 is 0 Å². The zero-order valence-corrected chi connectivity index (χ0v) is 16.4. The fourth-order valence-corrected chi connectivity index (χ4v) is 4.03. The maximum absolute atomic E-state index is 12.7. The van der Waals surface area contributed by atoms with E-state index in [9.17, 15) is 13.2 Å². The SMILES string of the molecule is COc1ccccc1NC(=O)[C@@H](C)N(c1cc(C)cc(C)c1)S(C)(=O)=O. The molecule has 0 aliphatic carbocycles. The summed E-state index contributed by atoms with van der Waals surface area (Å²) in [5.41, 5.74) is 2.80. The summed E-state index contributed by atoms with van der Waals surface area (Å²) in [5, 5.41) is 2.74. The topological polar surface area (TPSA) is 75.7 Å². The number of anilines is 2. The minimum absolute atomic E-state index is 0.445. The van der Waals surface area contributed by atoms with Crippen molar-refractivity contribution >= 4 is 27.3 Å². The van der Waals surface area contributed by atoms with Gasteiger partial charge in [-0.2, -0.15) is 0 Å². The Labute approximate surface area is 154 Å². The molecule has 0 aliphatic rings. The van der Waals surface area contributed by atoms with E-state index in [4.69, 9.17) is 4.74 Å². The lowest BCUT2D eigenvalue weighted by molar-refractivity contribution is -0.116. The van der Waals surface area contributed by atoms with Crippen molar-refractivity contribution in [2.24, 2.45) is 0 Å². The summed E-state index contributed by atoms with van der Waals surface area (Å²) in [6.07, 6.45) is 1.09. The van der Waals surface area contributed by atoms with E-state index in [1.807, 2.05) is 19.9 Å². The molecule has 2 aromatic carbocycles. The van der Waals surface area contributed by atoms with Crippen LogP contribution in [0.15, 0.2) is 42.5 Å². The van der Waals surface area contributed by atoms with E-state index < -0.39 is 22.0 Å². The molecule has 0 saturated carbocycles. The van der Waals surface area contributed by atoms with Crippen LogP contribution in [0, 0.1) is 13.8 Å². The monoisotopic (exact) mass is 376 g/mol. The van der Waals surface area contributed by atoms with Crippen LogP contribution in [0.25, 0.3) is 0 Å². The Hall–Kier alpha value is -2.54. The maximum atomic E-state index is 12.7. The van der Waals surface area contributed by atoms with Crippen LogP contribution in [0.4, 0.5) is 11.4 Å². The van der Waals surface area contributed by atoms with E-state index in [1.54, 1.807) is 43.3 Å². The Morgan fingerprint density at radius 3 is 2.23 bits per heavy atom. The number of sulfonamides is 1. The van der Waals surface area contributed by atoms with Crippen molar-refractivity contribution in [3.63, 3.8) is 0 Å². The Bertz CT molecular complexity index is 889. The molecule has 140 valence electrons. The molecular formula is C19H24N2O4S. The number of nitrogens with zero attached hydrogens (tertiary/aromatic N) is 1. The second-order valence-electron chi connectivity index (χ2n) is 6.27. The number of aryl methyl sites for hydroxylation is 2. The van der Waals surface area contributed by atoms with Gasteiger partial charge in [-0.25, -0.2) is 8.42 Å². The Kier molecular flexibility index (Phi) is 5.92. The lowest BCUT2D eigenvalue weighted by Gasteiger charge is -2.29. The molecule has 0 unspecified atom stereocenters. The number of hydrogen-bond donors (Lipinski definition) is 1. The van der Waals surface area contributed by atoms with Crippen LogP contribution in [0.2, 0.25) is 0 Å². The molecule has 1 N–H and O–H groups in total. The molecule has 0 aliphatic heterocycles. The predicted octanol–water partition coefficient (Wildman–Crippen LogP) is 3.11. The van der Waals surface area contributed by atoms with Crippen molar-refractivity contribution in [3.8, 4) is 5.75 Å². The number of benzene rings is 2. The highest BCUT2D eigenvalue weighted by Crippen LogP contribution is 2.26. The average Bonchev–Trinajstić information content (AvgIpc) is 2.53. The second kappa shape index (κ2) is 7.78. The Morgan fingerprint density at radius 1 is 1.12 bits per heavy atom. The average molecular weight is 376 g/mol. The van der Waals surface area contributed by atoms with Gasteiger partial charge in [0.05, 0.1) is 24.7 Å². The molecule has 1 amide bonds. The Morgan fingerprint density at radius 2 is 1.69 bits per heavy atom. The largest absolute Gasteiger partial charge is 0.495 e. The van der Waals surface area contributed by atoms with E-state index in [1.165, 1.54) is 7.11 Å². The quantitative estimate of drug-likeness (QED) is 0.840. The normalized spacial score (nSPS) is 12.3. The van der Waals surface area contributed by atoms with Gasteiger partial charge in [-0.1, -0.05) is 18.2 Å². The molecule has 1 atom stereocenters. The summed E-state index contributed by atoms with van der Waals surface area (Å²) in [6, 6.07) is 11.5. The number of carbonyl (C=O) groups is 1. The van der Waals surface area contributed by atoms with Crippen LogP contribution in [0.5, 0.6) is 5.75 Å². The third kappa shape index (κ3) is 4.54. The van der Waals surface area contributed by atoms with E-state index in [-0.39, 0.29) is 0 Å². The highest BCUT2D eigenvalue weighted by Gasteiger charge is 2.29. The van der Waals surface area contributed by atoms with Gasteiger partial charge in [0.25, 0.3) is 0 Å². The third-order valence-corrected chi connectivity index (χ3v) is 5.16. The van der Waals surface area contributed by atoms with Crippen molar-refractivity contribution in [1.82, 2.24) is 0 Å². The second-order valence-corrected chi connectivity index (χ2v) is 8.13. The zero-order chi connectivity index (χ0) is 19.5. The highest BCUT2D eigenvalue weighted by atomic mass is 32.2. The van der Waals surface area contributed by atoms with Crippen LogP contribution in [0.3, 0.4) is 0 Å². The van der Waals surface area contributed by atoms with Crippen molar-refractivity contribution in [3.05, 3.63) is 53.6 Å². The first-order valence-electron chi connectivity index (χ1n) is 8.15. The van der Waals surface area contributed by atoms with Gasteiger partial charge in [0.1, 0.15) is 11.8 Å². The van der Waals surface area contributed by atoms with E-state index in [0.717, 1.165) is 21.7 Å². The van der Waals surface area contributed by atoms with Gasteiger partial charge in [-0.05, 0) is 56.2 Å². The highest BCUT2D eigenvalue weighted by molar-refractivity contribution is 7.92. The molecule has 2 rings (SSSR count). The molecule has 7 heteroatoms.